The second-order valence-corrected chi connectivity index (χ2v) is 9.45. The Morgan fingerprint density at radius 3 is 1.47 bits per heavy atom. The predicted octanol–water partition coefficient (Wildman–Crippen LogP) is 2.07. The molecule has 0 saturated carbocycles. The third kappa shape index (κ3) is 6.90. The van der Waals surface area contributed by atoms with Gasteiger partial charge in [-0.05, 0) is 39.5 Å². The van der Waals surface area contributed by atoms with Crippen LogP contribution in [0.25, 0.3) is 0 Å². The van der Waals surface area contributed by atoms with Crippen molar-refractivity contribution in [1.29, 1.82) is 0 Å². The number of ether oxygens (including phenoxy) is 2. The smallest absolute Gasteiger partial charge is 0.327 e. The van der Waals surface area contributed by atoms with Crippen molar-refractivity contribution < 1.29 is 38.2 Å². The molecule has 2 atom stereocenters. The first-order valence-corrected chi connectivity index (χ1v) is 13.5. The molecular weight excluding hydrogens is 496 g/mol. The fourth-order valence-electron chi connectivity index (χ4n) is 5.02. The summed E-state index contributed by atoms with van der Waals surface area (Å²) in [5, 5.41) is 0. The van der Waals surface area contributed by atoms with Crippen LogP contribution in [-0.4, -0.2) is 107 Å². The Balaban J connectivity index is 1.76. The van der Waals surface area contributed by atoms with E-state index < -0.39 is 36.1 Å². The molecule has 0 radical (unpaired) electrons. The molecule has 3 rings (SSSR count). The van der Waals surface area contributed by atoms with E-state index in [2.05, 4.69) is 0 Å². The number of amides is 6. The maximum Gasteiger partial charge on any atom is 0.327 e. The second-order valence-electron chi connectivity index (χ2n) is 9.45. The van der Waals surface area contributed by atoms with Crippen LogP contribution < -0.4 is 0 Å². The largest absolute Gasteiger partial charge is 0.466 e. The highest BCUT2D eigenvalue weighted by molar-refractivity contribution is 6.05. The molecule has 0 aliphatic carbocycles. The van der Waals surface area contributed by atoms with Crippen molar-refractivity contribution in [2.75, 3.05) is 39.4 Å². The first-order valence-electron chi connectivity index (χ1n) is 13.5. The highest BCUT2D eigenvalue weighted by atomic mass is 16.5. The molecule has 0 aromatic rings. The number of imide groups is 2. The van der Waals surface area contributed by atoms with Crippen LogP contribution in [0.4, 0.5) is 9.59 Å². The van der Waals surface area contributed by atoms with Crippen LogP contribution >= 0.6 is 0 Å². The number of hydrogen-bond donors (Lipinski definition) is 0. The average Bonchev–Trinajstić information content (AvgIpc) is 3.24. The molecule has 3 aliphatic heterocycles. The van der Waals surface area contributed by atoms with Crippen molar-refractivity contribution in [3.63, 3.8) is 0 Å². The number of rotatable bonds is 8. The standard InChI is InChI=1S/C26H38N4O8/c1-3-37-21(31)13-11-19-23(33)29-17-7-5-6-8-18-30-24(34)20(12-14-22(32)38-4-2)28(26(30)36)16-10-9-15-27(19)25(29)35/h9-10,19-20H,3-8,11-18H2,1-2H3/b10-9+. The number of hydrogen-bond acceptors (Lipinski definition) is 8. The third-order valence-electron chi connectivity index (χ3n) is 6.95. The van der Waals surface area contributed by atoms with E-state index in [1.54, 1.807) is 26.0 Å². The lowest BCUT2D eigenvalue weighted by molar-refractivity contribution is -0.144. The van der Waals surface area contributed by atoms with Crippen LogP contribution in [0.2, 0.25) is 0 Å². The fourth-order valence-corrected chi connectivity index (χ4v) is 5.02. The van der Waals surface area contributed by atoms with E-state index in [-0.39, 0.29) is 76.9 Å². The molecule has 2 fully saturated rings. The second kappa shape index (κ2) is 13.9. The molecule has 0 aromatic carbocycles. The van der Waals surface area contributed by atoms with Crippen LogP contribution in [0.3, 0.4) is 0 Å². The molecule has 210 valence electrons. The Morgan fingerprint density at radius 2 is 1.11 bits per heavy atom. The Kier molecular flexibility index (Phi) is 10.7. The summed E-state index contributed by atoms with van der Waals surface area (Å²) in [4.78, 5) is 81.5. The number of carbonyl (C=O) groups excluding carboxylic acids is 6. The molecule has 12 nitrogen and oxygen atoms in total. The van der Waals surface area contributed by atoms with E-state index >= 15 is 0 Å². The number of urea groups is 2. The van der Waals surface area contributed by atoms with Gasteiger partial charge in [-0.3, -0.25) is 29.0 Å². The molecule has 2 unspecified atom stereocenters. The molecule has 3 heterocycles. The maximum absolute atomic E-state index is 13.1. The van der Waals surface area contributed by atoms with E-state index in [0.717, 1.165) is 12.8 Å². The summed E-state index contributed by atoms with van der Waals surface area (Å²) in [5.74, 6) is -1.47. The molecule has 2 saturated heterocycles. The minimum absolute atomic E-state index is 0.0218. The lowest BCUT2D eigenvalue weighted by Gasteiger charge is -2.21. The van der Waals surface area contributed by atoms with Gasteiger partial charge in [-0.2, -0.15) is 0 Å². The van der Waals surface area contributed by atoms with Crippen LogP contribution in [-0.2, 0) is 28.7 Å². The predicted molar refractivity (Wildman–Crippen MR) is 135 cm³/mol. The minimum Gasteiger partial charge on any atom is -0.466 e. The Morgan fingerprint density at radius 1 is 0.711 bits per heavy atom. The van der Waals surface area contributed by atoms with Crippen LogP contribution in [0.5, 0.6) is 0 Å². The summed E-state index contributed by atoms with van der Waals surface area (Å²) >= 11 is 0. The summed E-state index contributed by atoms with van der Waals surface area (Å²) in [6.45, 7) is 4.67. The highest BCUT2D eigenvalue weighted by Gasteiger charge is 2.45. The number of nitrogens with zero attached hydrogens (tertiary/aromatic N) is 4. The van der Waals surface area contributed by atoms with E-state index in [9.17, 15) is 28.8 Å². The van der Waals surface area contributed by atoms with Gasteiger partial charge in [0.25, 0.3) is 11.8 Å². The number of esters is 2. The summed E-state index contributed by atoms with van der Waals surface area (Å²) < 4.78 is 9.95. The first kappa shape index (κ1) is 29.1. The van der Waals surface area contributed by atoms with Gasteiger partial charge in [0, 0.05) is 39.0 Å². The monoisotopic (exact) mass is 534 g/mol. The molecule has 4 bridgehead atoms. The molecular formula is C26H38N4O8. The molecule has 12 heteroatoms. The number of fused-ring (bicyclic) bond motifs is 4. The zero-order valence-electron chi connectivity index (χ0n) is 22.3. The third-order valence-corrected chi connectivity index (χ3v) is 6.95. The van der Waals surface area contributed by atoms with Gasteiger partial charge in [-0.15, -0.1) is 0 Å². The summed E-state index contributed by atoms with van der Waals surface area (Å²) in [6, 6.07) is -2.33. The fraction of sp³-hybridized carbons (Fsp3) is 0.692. The molecule has 0 spiro atoms. The highest BCUT2D eigenvalue weighted by Crippen LogP contribution is 2.25. The van der Waals surface area contributed by atoms with Crippen molar-refractivity contribution >= 4 is 35.8 Å². The zero-order chi connectivity index (χ0) is 27.7. The lowest BCUT2D eigenvalue weighted by atomic mass is 10.1. The zero-order valence-corrected chi connectivity index (χ0v) is 22.3. The summed E-state index contributed by atoms with van der Waals surface area (Å²) in [5.41, 5.74) is 0. The van der Waals surface area contributed by atoms with Crippen molar-refractivity contribution in [2.45, 2.75) is 77.3 Å². The molecule has 0 N–H and O–H groups in total. The lowest BCUT2D eigenvalue weighted by Crippen LogP contribution is -2.37. The average molecular weight is 535 g/mol. The van der Waals surface area contributed by atoms with Crippen LogP contribution in [0.1, 0.15) is 65.2 Å². The van der Waals surface area contributed by atoms with E-state index in [1.165, 1.54) is 19.6 Å². The Bertz CT molecular complexity index is 878. The number of carbonyl (C=O) groups is 6. The maximum atomic E-state index is 13.1. The quantitative estimate of drug-likeness (QED) is 0.262. The topological polar surface area (TPSA) is 134 Å². The molecule has 0 aromatic heterocycles. The minimum atomic E-state index is -0.768. The van der Waals surface area contributed by atoms with Gasteiger partial charge in [-0.1, -0.05) is 25.0 Å². The normalized spacial score (nSPS) is 23.7. The Labute approximate surface area is 222 Å². The van der Waals surface area contributed by atoms with Crippen LogP contribution in [0, 0.1) is 0 Å². The van der Waals surface area contributed by atoms with Gasteiger partial charge < -0.3 is 19.3 Å². The van der Waals surface area contributed by atoms with E-state index in [0.29, 0.717) is 12.8 Å². The van der Waals surface area contributed by atoms with Gasteiger partial charge in [-0.25, -0.2) is 9.59 Å². The van der Waals surface area contributed by atoms with Crippen molar-refractivity contribution in [1.82, 2.24) is 19.6 Å². The first-order chi connectivity index (χ1) is 18.3. The van der Waals surface area contributed by atoms with Gasteiger partial charge in [0.2, 0.25) is 0 Å². The molecule has 38 heavy (non-hydrogen) atoms. The van der Waals surface area contributed by atoms with Crippen molar-refractivity contribution in [3.05, 3.63) is 12.2 Å². The van der Waals surface area contributed by atoms with Gasteiger partial charge in [0.1, 0.15) is 12.1 Å². The van der Waals surface area contributed by atoms with Crippen molar-refractivity contribution in [3.8, 4) is 0 Å². The summed E-state index contributed by atoms with van der Waals surface area (Å²) in [7, 11) is 0. The van der Waals surface area contributed by atoms with E-state index in [4.69, 9.17) is 9.47 Å². The SMILES string of the molecule is CCOC(=O)CCC1C(=O)N2CCCCCCN3C(=O)C(CCC(=O)OCC)N(C/C=C/CN1C2=O)C3=O. The van der Waals surface area contributed by atoms with Crippen molar-refractivity contribution in [2.24, 2.45) is 0 Å². The van der Waals surface area contributed by atoms with Gasteiger partial charge in [0.05, 0.1) is 13.2 Å². The summed E-state index contributed by atoms with van der Waals surface area (Å²) in [6.07, 6.45) is 6.37. The Hall–Kier alpha value is -3.44. The van der Waals surface area contributed by atoms with Gasteiger partial charge in [0.15, 0.2) is 0 Å². The van der Waals surface area contributed by atoms with Crippen LogP contribution in [0.15, 0.2) is 12.2 Å². The van der Waals surface area contributed by atoms with Gasteiger partial charge >= 0.3 is 24.0 Å². The van der Waals surface area contributed by atoms with E-state index in [1.807, 2.05) is 0 Å². The molecule has 6 amide bonds. The molecule has 3 aliphatic rings.